The van der Waals surface area contributed by atoms with Crippen LogP contribution in [-0.4, -0.2) is 48.3 Å². The number of hydrogen-bond donors (Lipinski definition) is 1. The summed E-state index contributed by atoms with van der Waals surface area (Å²) in [6.45, 7) is 11.8. The highest BCUT2D eigenvalue weighted by molar-refractivity contribution is 5.86. The van der Waals surface area contributed by atoms with E-state index in [4.69, 9.17) is 14.2 Å². The van der Waals surface area contributed by atoms with Crippen molar-refractivity contribution in [2.45, 2.75) is 78.2 Å². The van der Waals surface area contributed by atoms with Gasteiger partial charge in [-0.15, -0.1) is 0 Å². The number of ether oxygens (including phenoxy) is 3. The van der Waals surface area contributed by atoms with Gasteiger partial charge in [-0.3, -0.25) is 9.69 Å². The number of hydrogen-bond acceptors (Lipinski definition) is 5. The Bertz CT molecular complexity index is 726. The minimum absolute atomic E-state index is 0.0353. The quantitative estimate of drug-likeness (QED) is 0.771. The van der Waals surface area contributed by atoms with Gasteiger partial charge in [0.1, 0.15) is 11.6 Å². The van der Waals surface area contributed by atoms with Gasteiger partial charge >= 0.3 is 6.09 Å². The van der Waals surface area contributed by atoms with E-state index in [2.05, 4.69) is 5.32 Å². The summed E-state index contributed by atoms with van der Waals surface area (Å²) in [5, 5.41) is 3.01. The van der Waals surface area contributed by atoms with Gasteiger partial charge < -0.3 is 19.5 Å². The third-order valence-electron chi connectivity index (χ3n) is 4.59. The van der Waals surface area contributed by atoms with Gasteiger partial charge in [0, 0.05) is 6.54 Å². The predicted octanol–water partition coefficient (Wildman–Crippen LogP) is 4.06. The van der Waals surface area contributed by atoms with Crippen molar-refractivity contribution in [3.8, 4) is 11.5 Å². The molecule has 0 spiro atoms. The Morgan fingerprint density at radius 3 is 2.45 bits per heavy atom. The molecule has 1 fully saturated rings. The smallest absolute Gasteiger partial charge is 0.410 e. The summed E-state index contributed by atoms with van der Waals surface area (Å²) >= 11 is 0. The zero-order valence-electron chi connectivity index (χ0n) is 18.6. The van der Waals surface area contributed by atoms with Crippen molar-refractivity contribution in [1.82, 2.24) is 10.2 Å². The van der Waals surface area contributed by atoms with Gasteiger partial charge in [0.2, 0.25) is 5.91 Å². The van der Waals surface area contributed by atoms with E-state index < -0.39 is 17.7 Å². The largest absolute Gasteiger partial charge is 0.493 e. The van der Waals surface area contributed by atoms with Crippen molar-refractivity contribution >= 4 is 12.0 Å². The Labute approximate surface area is 173 Å². The van der Waals surface area contributed by atoms with Crippen LogP contribution in [0.3, 0.4) is 0 Å². The van der Waals surface area contributed by atoms with Crippen molar-refractivity contribution < 1.29 is 23.8 Å². The molecule has 2 unspecified atom stereocenters. The SMILES string of the molecule is COc1cc(C(C)NC(=O)C2CCCN2C(=O)OC(C)(C)C)ccc1OC(C)C. The van der Waals surface area contributed by atoms with E-state index in [1.807, 2.05) is 59.7 Å². The molecule has 1 aliphatic heterocycles. The molecule has 7 heteroatoms. The standard InChI is InChI=1S/C22H34N2O5/c1-14(2)28-18-11-10-16(13-19(18)27-7)15(3)23-20(25)17-9-8-12-24(17)21(26)29-22(4,5)6/h10-11,13-15,17H,8-9,12H2,1-7H3,(H,23,25). The Hall–Kier alpha value is -2.44. The number of methoxy groups -OCH3 is 1. The van der Waals surface area contributed by atoms with E-state index in [-0.39, 0.29) is 18.1 Å². The van der Waals surface area contributed by atoms with E-state index in [1.165, 1.54) is 4.90 Å². The lowest BCUT2D eigenvalue weighted by atomic mass is 10.1. The summed E-state index contributed by atoms with van der Waals surface area (Å²) in [5.41, 5.74) is 0.303. The normalized spacial score (nSPS) is 17.8. The molecule has 2 rings (SSSR count). The summed E-state index contributed by atoms with van der Waals surface area (Å²) in [4.78, 5) is 26.8. The van der Waals surface area contributed by atoms with Gasteiger partial charge in [0.05, 0.1) is 19.3 Å². The van der Waals surface area contributed by atoms with Crippen molar-refractivity contribution in [3.63, 3.8) is 0 Å². The van der Waals surface area contributed by atoms with Gasteiger partial charge in [0.15, 0.2) is 11.5 Å². The zero-order chi connectivity index (χ0) is 21.8. The van der Waals surface area contributed by atoms with Crippen molar-refractivity contribution in [2.24, 2.45) is 0 Å². The second-order valence-electron chi connectivity index (χ2n) is 8.64. The Morgan fingerprint density at radius 1 is 1.17 bits per heavy atom. The molecule has 1 N–H and O–H groups in total. The summed E-state index contributed by atoms with van der Waals surface area (Å²) < 4.78 is 16.6. The second-order valence-corrected chi connectivity index (χ2v) is 8.64. The molecule has 1 heterocycles. The molecule has 0 aromatic heterocycles. The first-order valence-electron chi connectivity index (χ1n) is 10.2. The molecule has 162 valence electrons. The van der Waals surface area contributed by atoms with Crippen LogP contribution < -0.4 is 14.8 Å². The van der Waals surface area contributed by atoms with Crippen molar-refractivity contribution in [1.29, 1.82) is 0 Å². The highest BCUT2D eigenvalue weighted by atomic mass is 16.6. The number of amides is 2. The molecule has 1 aromatic carbocycles. The lowest BCUT2D eigenvalue weighted by molar-refractivity contribution is -0.126. The monoisotopic (exact) mass is 406 g/mol. The summed E-state index contributed by atoms with van der Waals surface area (Å²) in [6.07, 6.45) is 0.996. The first-order valence-corrected chi connectivity index (χ1v) is 10.2. The average Bonchev–Trinajstić information content (AvgIpc) is 3.10. The summed E-state index contributed by atoms with van der Waals surface area (Å²) in [7, 11) is 1.59. The third kappa shape index (κ3) is 6.27. The number of likely N-dealkylation sites (tertiary alicyclic amines) is 1. The number of carbonyl (C=O) groups is 2. The van der Waals surface area contributed by atoms with Crippen LogP contribution >= 0.6 is 0 Å². The maximum Gasteiger partial charge on any atom is 0.410 e. The maximum absolute atomic E-state index is 12.9. The van der Waals surface area contributed by atoms with Crippen LogP contribution in [0, 0.1) is 0 Å². The number of rotatable bonds is 6. The number of nitrogens with one attached hydrogen (secondary N) is 1. The van der Waals surface area contributed by atoms with E-state index in [1.54, 1.807) is 7.11 Å². The molecular formula is C22H34N2O5. The van der Waals surface area contributed by atoms with Crippen molar-refractivity contribution in [2.75, 3.05) is 13.7 Å². The maximum atomic E-state index is 12.9. The van der Waals surface area contributed by atoms with E-state index in [0.717, 1.165) is 12.0 Å². The fourth-order valence-electron chi connectivity index (χ4n) is 3.28. The fraction of sp³-hybridized carbons (Fsp3) is 0.636. The van der Waals surface area contributed by atoms with Crippen LogP contribution in [-0.2, 0) is 9.53 Å². The molecule has 2 atom stereocenters. The molecule has 1 saturated heterocycles. The first-order chi connectivity index (χ1) is 13.5. The number of carbonyl (C=O) groups excluding carboxylic acids is 2. The van der Waals surface area contributed by atoms with Crippen LogP contribution in [0.25, 0.3) is 0 Å². The predicted molar refractivity (Wildman–Crippen MR) is 111 cm³/mol. The van der Waals surface area contributed by atoms with Crippen LogP contribution in [0.5, 0.6) is 11.5 Å². The molecule has 0 bridgehead atoms. The van der Waals surface area contributed by atoms with Crippen LogP contribution in [0.1, 0.15) is 66.0 Å². The number of nitrogens with zero attached hydrogens (tertiary/aromatic N) is 1. The molecule has 0 aliphatic carbocycles. The Balaban J connectivity index is 2.07. The molecule has 1 aromatic rings. The first kappa shape index (κ1) is 22.8. The summed E-state index contributed by atoms with van der Waals surface area (Å²) in [6, 6.07) is 4.86. The van der Waals surface area contributed by atoms with Crippen LogP contribution in [0.15, 0.2) is 18.2 Å². The average molecular weight is 407 g/mol. The van der Waals surface area contributed by atoms with Crippen molar-refractivity contribution in [3.05, 3.63) is 23.8 Å². The van der Waals surface area contributed by atoms with E-state index in [0.29, 0.717) is 24.5 Å². The molecule has 7 nitrogen and oxygen atoms in total. The highest BCUT2D eigenvalue weighted by Gasteiger charge is 2.37. The van der Waals surface area contributed by atoms with Crippen LogP contribution in [0.4, 0.5) is 4.79 Å². The fourth-order valence-corrected chi connectivity index (χ4v) is 3.28. The van der Waals surface area contributed by atoms with Gasteiger partial charge in [0.25, 0.3) is 0 Å². The van der Waals surface area contributed by atoms with Gasteiger partial charge in [-0.2, -0.15) is 0 Å². The second kappa shape index (κ2) is 9.37. The Morgan fingerprint density at radius 2 is 1.86 bits per heavy atom. The van der Waals surface area contributed by atoms with Gasteiger partial charge in [-0.25, -0.2) is 4.79 Å². The van der Waals surface area contributed by atoms with E-state index in [9.17, 15) is 9.59 Å². The molecule has 0 saturated carbocycles. The molecule has 0 radical (unpaired) electrons. The topological polar surface area (TPSA) is 77.1 Å². The molecule has 2 amide bonds. The molecule has 1 aliphatic rings. The van der Waals surface area contributed by atoms with E-state index >= 15 is 0 Å². The minimum atomic E-state index is -0.593. The van der Waals surface area contributed by atoms with Gasteiger partial charge in [-0.1, -0.05) is 6.07 Å². The van der Waals surface area contributed by atoms with Crippen LogP contribution in [0.2, 0.25) is 0 Å². The number of benzene rings is 1. The highest BCUT2D eigenvalue weighted by Crippen LogP contribution is 2.31. The lowest BCUT2D eigenvalue weighted by Crippen LogP contribution is -2.48. The zero-order valence-corrected chi connectivity index (χ0v) is 18.6. The minimum Gasteiger partial charge on any atom is -0.493 e. The molecular weight excluding hydrogens is 372 g/mol. The van der Waals surface area contributed by atoms with Gasteiger partial charge in [-0.05, 0) is 72.1 Å². The summed E-state index contributed by atoms with van der Waals surface area (Å²) in [5.74, 6) is 1.10. The third-order valence-corrected chi connectivity index (χ3v) is 4.59. The lowest BCUT2D eigenvalue weighted by Gasteiger charge is -2.28. The molecule has 29 heavy (non-hydrogen) atoms. The Kier molecular flexibility index (Phi) is 7.38.